The van der Waals surface area contributed by atoms with Gasteiger partial charge in [0.15, 0.2) is 6.23 Å². The molecule has 2 aliphatic heterocycles. The fourth-order valence-corrected chi connectivity index (χ4v) is 5.49. The number of rotatable bonds is 8. The fraction of sp³-hybridized carbons (Fsp3) is 0.400. The van der Waals surface area contributed by atoms with E-state index in [1.807, 2.05) is 48.5 Å². The van der Waals surface area contributed by atoms with Gasteiger partial charge in [0.25, 0.3) is 5.19 Å². The summed E-state index contributed by atoms with van der Waals surface area (Å²) in [4.78, 5) is 31.6. The average Bonchev–Trinajstić information content (AvgIpc) is 3.43. The van der Waals surface area contributed by atoms with Crippen molar-refractivity contribution < 1.29 is 28.9 Å². The minimum Gasteiger partial charge on any atom is -0.492 e. The van der Waals surface area contributed by atoms with Gasteiger partial charge in [0.1, 0.15) is 18.1 Å². The number of ether oxygens (including phenoxy) is 3. The number of nitrogens with zero attached hydrogens (tertiary/aromatic N) is 3. The zero-order valence-corrected chi connectivity index (χ0v) is 20.0. The number of likely N-dealkylation sites (tertiary alicyclic amines) is 2. The number of hydrogen-bond acceptors (Lipinski definition) is 8. The molecule has 35 heavy (non-hydrogen) atoms. The van der Waals surface area contributed by atoms with E-state index in [-0.39, 0.29) is 11.9 Å². The van der Waals surface area contributed by atoms with E-state index in [0.29, 0.717) is 30.4 Å². The van der Waals surface area contributed by atoms with E-state index >= 15 is 0 Å². The number of carboxylic acid groups (broad SMARTS) is 1. The summed E-state index contributed by atoms with van der Waals surface area (Å²) in [6.45, 7) is 2.98. The Balaban J connectivity index is 1.05. The fourth-order valence-electron chi connectivity index (χ4n) is 4.66. The molecule has 1 unspecified atom stereocenters. The Kier molecular flexibility index (Phi) is 7.01. The maximum atomic E-state index is 12.3. The van der Waals surface area contributed by atoms with Crippen molar-refractivity contribution in [2.75, 3.05) is 26.2 Å². The lowest BCUT2D eigenvalue weighted by atomic mass is 10.0. The van der Waals surface area contributed by atoms with Gasteiger partial charge in [0.2, 0.25) is 5.91 Å². The van der Waals surface area contributed by atoms with Crippen LogP contribution in [0.2, 0.25) is 0 Å². The number of carbonyl (C=O) groups excluding carboxylic acids is 1. The Bertz CT molecular complexity index is 1140. The summed E-state index contributed by atoms with van der Waals surface area (Å²) in [5.74, 6) is 1.46. The van der Waals surface area contributed by atoms with Crippen LogP contribution in [-0.4, -0.2) is 70.5 Å². The topological polar surface area (TPSA) is 101 Å². The molecule has 0 aliphatic carbocycles. The lowest BCUT2D eigenvalue weighted by Crippen LogP contribution is -2.49. The van der Waals surface area contributed by atoms with Gasteiger partial charge < -0.3 is 24.2 Å². The van der Waals surface area contributed by atoms with Crippen LogP contribution in [0.5, 0.6) is 16.7 Å². The van der Waals surface area contributed by atoms with Crippen LogP contribution in [-0.2, 0) is 9.53 Å². The van der Waals surface area contributed by atoms with E-state index in [2.05, 4.69) is 9.88 Å². The van der Waals surface area contributed by atoms with Gasteiger partial charge in [0, 0.05) is 38.5 Å². The van der Waals surface area contributed by atoms with Crippen LogP contribution in [0.1, 0.15) is 25.7 Å². The number of para-hydroxylation sites is 1. The van der Waals surface area contributed by atoms with Gasteiger partial charge in [-0.3, -0.25) is 9.69 Å². The monoisotopic (exact) mass is 497 g/mol. The molecule has 1 amide bonds. The Morgan fingerprint density at radius 3 is 2.54 bits per heavy atom. The first-order chi connectivity index (χ1) is 17.0. The van der Waals surface area contributed by atoms with Crippen molar-refractivity contribution >= 4 is 33.6 Å². The smallest absolute Gasteiger partial charge is 0.492 e. The van der Waals surface area contributed by atoms with Crippen LogP contribution < -0.4 is 9.47 Å². The van der Waals surface area contributed by atoms with Gasteiger partial charge in [-0.15, -0.1) is 0 Å². The molecule has 2 fully saturated rings. The average molecular weight is 498 g/mol. The highest BCUT2D eigenvalue weighted by molar-refractivity contribution is 7.20. The second kappa shape index (κ2) is 10.5. The van der Waals surface area contributed by atoms with Crippen molar-refractivity contribution in [1.29, 1.82) is 0 Å². The molecule has 3 heterocycles. The quantitative estimate of drug-likeness (QED) is 0.452. The molecule has 0 radical (unpaired) electrons. The van der Waals surface area contributed by atoms with E-state index < -0.39 is 12.4 Å². The zero-order chi connectivity index (χ0) is 24.2. The summed E-state index contributed by atoms with van der Waals surface area (Å²) in [6.07, 6.45) is 0.383. The summed E-state index contributed by atoms with van der Waals surface area (Å²) in [5, 5.41) is 9.54. The molecule has 3 aromatic rings. The van der Waals surface area contributed by atoms with E-state index in [9.17, 15) is 9.59 Å². The molecule has 10 heteroatoms. The largest absolute Gasteiger partial charge is 0.507 e. The number of benzene rings is 2. The van der Waals surface area contributed by atoms with Gasteiger partial charge in [-0.1, -0.05) is 23.5 Å². The van der Waals surface area contributed by atoms with E-state index in [0.717, 1.165) is 48.4 Å². The Labute approximate surface area is 206 Å². The Morgan fingerprint density at radius 1 is 1.06 bits per heavy atom. The van der Waals surface area contributed by atoms with E-state index in [4.69, 9.17) is 19.3 Å². The molecule has 2 aromatic carbocycles. The van der Waals surface area contributed by atoms with E-state index in [1.54, 1.807) is 4.90 Å². The summed E-state index contributed by atoms with van der Waals surface area (Å²) >= 11 is 1.51. The minimum atomic E-state index is -1.33. The highest BCUT2D eigenvalue weighted by Gasteiger charge is 2.39. The molecule has 0 spiro atoms. The van der Waals surface area contributed by atoms with Crippen molar-refractivity contribution in [2.24, 2.45) is 0 Å². The number of fused-ring (bicyclic) bond motifs is 1. The number of carbonyl (C=O) groups is 2. The number of amides is 1. The molecule has 9 nitrogen and oxygen atoms in total. The maximum Gasteiger partial charge on any atom is 0.507 e. The number of piperidine rings is 1. The molecule has 1 N–H and O–H groups in total. The van der Waals surface area contributed by atoms with Gasteiger partial charge >= 0.3 is 6.16 Å². The summed E-state index contributed by atoms with van der Waals surface area (Å²) in [6, 6.07) is 15.5. The predicted octanol–water partition coefficient (Wildman–Crippen LogP) is 4.57. The minimum absolute atomic E-state index is 0.0198. The molecule has 0 saturated carbocycles. The molecule has 2 saturated heterocycles. The standard InChI is InChI=1S/C25H27N3O6S/c29-22-9-10-23(34-25(30)31)28(22)17-11-13-27(14-12-17)15-16-32-18-5-7-19(8-6-18)33-24-26-20-3-1-2-4-21(20)35-24/h1-8,17,23H,9-16H2,(H,30,31). The predicted molar refractivity (Wildman–Crippen MR) is 130 cm³/mol. The molecule has 2 aliphatic rings. The number of thiazole rings is 1. The van der Waals surface area contributed by atoms with Crippen molar-refractivity contribution in [3.05, 3.63) is 48.5 Å². The van der Waals surface area contributed by atoms with Crippen LogP contribution in [0.3, 0.4) is 0 Å². The van der Waals surface area contributed by atoms with Crippen LogP contribution in [0.4, 0.5) is 4.79 Å². The lowest BCUT2D eigenvalue weighted by molar-refractivity contribution is -0.139. The highest BCUT2D eigenvalue weighted by Crippen LogP contribution is 2.32. The first kappa shape index (κ1) is 23.4. The molecular weight excluding hydrogens is 470 g/mol. The third-order valence-electron chi connectivity index (χ3n) is 6.37. The maximum absolute atomic E-state index is 12.3. The van der Waals surface area contributed by atoms with Crippen LogP contribution in [0.25, 0.3) is 10.2 Å². The van der Waals surface area contributed by atoms with Crippen molar-refractivity contribution in [1.82, 2.24) is 14.8 Å². The molecular formula is C25H27N3O6S. The first-order valence-corrected chi connectivity index (χ1v) is 12.6. The second-order valence-electron chi connectivity index (χ2n) is 8.62. The van der Waals surface area contributed by atoms with Crippen molar-refractivity contribution in [2.45, 2.75) is 38.0 Å². The molecule has 0 bridgehead atoms. The summed E-state index contributed by atoms with van der Waals surface area (Å²) in [7, 11) is 0. The lowest BCUT2D eigenvalue weighted by Gasteiger charge is -2.38. The summed E-state index contributed by atoms with van der Waals surface area (Å²) < 4.78 is 17.8. The zero-order valence-electron chi connectivity index (χ0n) is 19.2. The third-order valence-corrected chi connectivity index (χ3v) is 7.28. The number of hydrogen-bond donors (Lipinski definition) is 1. The van der Waals surface area contributed by atoms with Gasteiger partial charge in [0.05, 0.1) is 10.2 Å². The SMILES string of the molecule is O=C(O)OC1CCC(=O)N1C1CCN(CCOc2ccc(Oc3nc4ccccc4s3)cc2)CC1. The van der Waals surface area contributed by atoms with Crippen LogP contribution in [0, 0.1) is 0 Å². The van der Waals surface area contributed by atoms with Gasteiger partial charge in [-0.2, -0.15) is 0 Å². The molecule has 1 atom stereocenters. The summed E-state index contributed by atoms with van der Waals surface area (Å²) in [5.41, 5.74) is 0.928. The molecule has 5 rings (SSSR count). The van der Waals surface area contributed by atoms with Crippen LogP contribution >= 0.6 is 11.3 Å². The third kappa shape index (κ3) is 5.66. The normalized spacial score (nSPS) is 19.3. The molecule has 184 valence electrons. The second-order valence-corrected chi connectivity index (χ2v) is 9.61. The van der Waals surface area contributed by atoms with Crippen molar-refractivity contribution in [3.63, 3.8) is 0 Å². The van der Waals surface area contributed by atoms with Gasteiger partial charge in [-0.05, 0) is 49.2 Å². The Hall–Kier alpha value is -3.37. The van der Waals surface area contributed by atoms with E-state index in [1.165, 1.54) is 11.3 Å². The first-order valence-electron chi connectivity index (χ1n) is 11.7. The molecule has 1 aromatic heterocycles. The highest BCUT2D eigenvalue weighted by atomic mass is 32.1. The van der Waals surface area contributed by atoms with Gasteiger partial charge in [-0.25, -0.2) is 9.78 Å². The Morgan fingerprint density at radius 2 is 1.80 bits per heavy atom. The van der Waals surface area contributed by atoms with Crippen molar-refractivity contribution in [3.8, 4) is 16.7 Å². The number of aromatic nitrogens is 1. The van der Waals surface area contributed by atoms with Crippen LogP contribution in [0.15, 0.2) is 48.5 Å².